The van der Waals surface area contributed by atoms with E-state index in [0.29, 0.717) is 6.54 Å². The largest absolute Gasteiger partial charge is 0.375 e. The van der Waals surface area contributed by atoms with Gasteiger partial charge in [-0.15, -0.1) is 0 Å². The number of nitrogens with one attached hydrogen (secondary N) is 2. The zero-order valence-corrected chi connectivity index (χ0v) is 13.8. The SMILES string of the molecule is CC(C)NC(=O)C(=O)NCC[C@@H]1CN(C2CCCC2)CCO1. The van der Waals surface area contributed by atoms with Crippen molar-refractivity contribution in [2.75, 3.05) is 26.2 Å². The molecule has 126 valence electrons. The van der Waals surface area contributed by atoms with Crippen LogP contribution in [-0.4, -0.2) is 61.1 Å². The normalized spacial score (nSPS) is 23.7. The van der Waals surface area contributed by atoms with E-state index in [2.05, 4.69) is 15.5 Å². The molecule has 1 heterocycles. The summed E-state index contributed by atoms with van der Waals surface area (Å²) in [6, 6.07) is 0.692. The Kier molecular flexibility index (Phi) is 6.64. The van der Waals surface area contributed by atoms with Gasteiger partial charge in [-0.25, -0.2) is 0 Å². The van der Waals surface area contributed by atoms with Crippen LogP contribution in [0.2, 0.25) is 0 Å². The molecule has 6 heteroatoms. The Morgan fingerprint density at radius 2 is 1.95 bits per heavy atom. The van der Waals surface area contributed by atoms with E-state index in [-0.39, 0.29) is 12.1 Å². The Morgan fingerprint density at radius 1 is 1.23 bits per heavy atom. The number of carbonyl (C=O) groups excluding carboxylic acids is 2. The molecular formula is C16H29N3O3. The molecule has 2 aliphatic rings. The Hall–Kier alpha value is -1.14. The van der Waals surface area contributed by atoms with Crippen molar-refractivity contribution in [3.05, 3.63) is 0 Å². The molecular weight excluding hydrogens is 282 g/mol. The average molecular weight is 311 g/mol. The Morgan fingerprint density at radius 3 is 2.64 bits per heavy atom. The fraction of sp³-hybridized carbons (Fsp3) is 0.875. The fourth-order valence-corrected chi connectivity index (χ4v) is 3.27. The Balaban J connectivity index is 1.65. The second-order valence-electron chi connectivity index (χ2n) is 6.60. The molecule has 2 fully saturated rings. The van der Waals surface area contributed by atoms with Gasteiger partial charge in [-0.2, -0.15) is 0 Å². The topological polar surface area (TPSA) is 70.7 Å². The molecule has 1 atom stereocenters. The van der Waals surface area contributed by atoms with E-state index in [1.807, 2.05) is 13.8 Å². The van der Waals surface area contributed by atoms with Gasteiger partial charge in [-0.3, -0.25) is 14.5 Å². The highest BCUT2D eigenvalue weighted by Crippen LogP contribution is 2.25. The first-order valence-electron chi connectivity index (χ1n) is 8.50. The first-order valence-corrected chi connectivity index (χ1v) is 8.50. The maximum absolute atomic E-state index is 11.6. The van der Waals surface area contributed by atoms with Crippen LogP contribution in [0.1, 0.15) is 46.0 Å². The van der Waals surface area contributed by atoms with Gasteiger partial charge in [0.2, 0.25) is 0 Å². The highest BCUT2D eigenvalue weighted by molar-refractivity contribution is 6.35. The van der Waals surface area contributed by atoms with Crippen LogP contribution >= 0.6 is 0 Å². The number of hydrogen-bond acceptors (Lipinski definition) is 4. The van der Waals surface area contributed by atoms with Crippen LogP contribution < -0.4 is 10.6 Å². The molecule has 2 amide bonds. The van der Waals surface area contributed by atoms with Gasteiger partial charge in [0.1, 0.15) is 0 Å². The van der Waals surface area contributed by atoms with E-state index in [9.17, 15) is 9.59 Å². The quantitative estimate of drug-likeness (QED) is 0.732. The molecule has 0 aromatic carbocycles. The summed E-state index contributed by atoms with van der Waals surface area (Å²) in [5.74, 6) is -1.12. The predicted molar refractivity (Wildman–Crippen MR) is 84.5 cm³/mol. The second-order valence-corrected chi connectivity index (χ2v) is 6.60. The molecule has 6 nitrogen and oxygen atoms in total. The molecule has 2 N–H and O–H groups in total. The number of morpholine rings is 1. The first kappa shape index (κ1) is 17.2. The Bertz CT molecular complexity index is 381. The number of nitrogens with zero attached hydrogens (tertiary/aromatic N) is 1. The lowest BCUT2D eigenvalue weighted by Crippen LogP contribution is -2.48. The zero-order chi connectivity index (χ0) is 15.9. The monoisotopic (exact) mass is 311 g/mol. The molecule has 1 aliphatic carbocycles. The lowest BCUT2D eigenvalue weighted by atomic mass is 10.1. The lowest BCUT2D eigenvalue weighted by Gasteiger charge is -2.36. The third-order valence-corrected chi connectivity index (χ3v) is 4.39. The third-order valence-electron chi connectivity index (χ3n) is 4.39. The molecule has 1 aliphatic heterocycles. The van der Waals surface area contributed by atoms with Gasteiger partial charge in [0.25, 0.3) is 0 Å². The fourth-order valence-electron chi connectivity index (χ4n) is 3.27. The van der Waals surface area contributed by atoms with E-state index >= 15 is 0 Å². The summed E-state index contributed by atoms with van der Waals surface area (Å²) >= 11 is 0. The molecule has 0 aromatic heterocycles. The van der Waals surface area contributed by atoms with Crippen molar-refractivity contribution >= 4 is 11.8 Å². The Labute approximate surface area is 132 Å². The summed E-state index contributed by atoms with van der Waals surface area (Å²) in [6.45, 7) is 6.87. The van der Waals surface area contributed by atoms with Gasteiger partial charge in [-0.05, 0) is 33.1 Å². The van der Waals surface area contributed by atoms with Crippen LogP contribution in [0.25, 0.3) is 0 Å². The van der Waals surface area contributed by atoms with E-state index in [4.69, 9.17) is 4.74 Å². The molecule has 1 saturated heterocycles. The van der Waals surface area contributed by atoms with Gasteiger partial charge >= 0.3 is 11.8 Å². The highest BCUT2D eigenvalue weighted by atomic mass is 16.5. The molecule has 0 spiro atoms. The second kappa shape index (κ2) is 8.48. The summed E-state index contributed by atoms with van der Waals surface area (Å²) in [7, 11) is 0. The number of ether oxygens (including phenoxy) is 1. The van der Waals surface area contributed by atoms with Crippen LogP contribution in [0.3, 0.4) is 0 Å². The van der Waals surface area contributed by atoms with Crippen molar-refractivity contribution < 1.29 is 14.3 Å². The van der Waals surface area contributed by atoms with Crippen molar-refractivity contribution in [3.8, 4) is 0 Å². The zero-order valence-electron chi connectivity index (χ0n) is 13.8. The van der Waals surface area contributed by atoms with E-state index in [1.165, 1.54) is 25.7 Å². The highest BCUT2D eigenvalue weighted by Gasteiger charge is 2.28. The van der Waals surface area contributed by atoms with Gasteiger partial charge in [0.05, 0.1) is 12.7 Å². The molecule has 0 aromatic rings. The average Bonchev–Trinajstić information content (AvgIpc) is 3.01. The summed E-state index contributed by atoms with van der Waals surface area (Å²) in [4.78, 5) is 25.7. The number of hydrogen-bond donors (Lipinski definition) is 2. The molecule has 0 unspecified atom stereocenters. The summed E-state index contributed by atoms with van der Waals surface area (Å²) in [6.07, 6.45) is 6.20. The van der Waals surface area contributed by atoms with Crippen LogP contribution in [0.5, 0.6) is 0 Å². The summed E-state index contributed by atoms with van der Waals surface area (Å²) in [5, 5.41) is 5.25. The molecule has 0 radical (unpaired) electrons. The molecule has 0 bridgehead atoms. The van der Waals surface area contributed by atoms with Gasteiger partial charge in [-0.1, -0.05) is 12.8 Å². The van der Waals surface area contributed by atoms with Crippen molar-refractivity contribution in [1.29, 1.82) is 0 Å². The standard InChI is InChI=1S/C16H29N3O3/c1-12(2)18-16(21)15(20)17-8-7-14-11-19(9-10-22-14)13-5-3-4-6-13/h12-14H,3-11H2,1-2H3,(H,17,20)(H,18,21)/t14-/m1/s1. The summed E-state index contributed by atoms with van der Waals surface area (Å²) in [5.41, 5.74) is 0. The van der Waals surface area contributed by atoms with Gasteiger partial charge in [0, 0.05) is 31.7 Å². The van der Waals surface area contributed by atoms with Crippen LogP contribution in [0, 0.1) is 0 Å². The third kappa shape index (κ3) is 5.25. The molecule has 22 heavy (non-hydrogen) atoms. The minimum absolute atomic E-state index is 0.0279. The van der Waals surface area contributed by atoms with Crippen molar-refractivity contribution in [2.24, 2.45) is 0 Å². The molecule has 1 saturated carbocycles. The van der Waals surface area contributed by atoms with Crippen molar-refractivity contribution in [1.82, 2.24) is 15.5 Å². The predicted octanol–water partition coefficient (Wildman–Crippen LogP) is 0.661. The minimum atomic E-state index is -0.563. The molecule has 2 rings (SSSR count). The number of carbonyl (C=O) groups is 2. The van der Waals surface area contributed by atoms with Crippen LogP contribution in [0.4, 0.5) is 0 Å². The number of amides is 2. The van der Waals surface area contributed by atoms with E-state index in [0.717, 1.165) is 32.2 Å². The lowest BCUT2D eigenvalue weighted by molar-refractivity contribution is -0.139. The van der Waals surface area contributed by atoms with E-state index in [1.54, 1.807) is 0 Å². The van der Waals surface area contributed by atoms with Crippen LogP contribution in [0.15, 0.2) is 0 Å². The van der Waals surface area contributed by atoms with Gasteiger partial charge < -0.3 is 15.4 Å². The number of rotatable bonds is 5. The van der Waals surface area contributed by atoms with Crippen molar-refractivity contribution in [2.45, 2.75) is 64.1 Å². The van der Waals surface area contributed by atoms with Gasteiger partial charge in [0.15, 0.2) is 0 Å². The van der Waals surface area contributed by atoms with Crippen molar-refractivity contribution in [3.63, 3.8) is 0 Å². The summed E-state index contributed by atoms with van der Waals surface area (Å²) < 4.78 is 5.78. The first-order chi connectivity index (χ1) is 10.6. The smallest absolute Gasteiger partial charge is 0.309 e. The minimum Gasteiger partial charge on any atom is -0.375 e. The maximum Gasteiger partial charge on any atom is 0.309 e. The maximum atomic E-state index is 11.6. The van der Waals surface area contributed by atoms with E-state index < -0.39 is 11.8 Å². The van der Waals surface area contributed by atoms with Crippen LogP contribution in [-0.2, 0) is 14.3 Å².